The largest absolute Gasteiger partial charge is 0.382 e. The summed E-state index contributed by atoms with van der Waals surface area (Å²) in [6.45, 7) is 4.69. The summed E-state index contributed by atoms with van der Waals surface area (Å²) in [5.74, 6) is 0.169. The Bertz CT molecular complexity index is 188. The molecule has 1 heterocycles. The Balaban J connectivity index is 2.10. The molecule has 15 heavy (non-hydrogen) atoms. The summed E-state index contributed by atoms with van der Waals surface area (Å²) >= 11 is 0. The van der Waals surface area contributed by atoms with E-state index in [2.05, 4.69) is 5.32 Å². The van der Waals surface area contributed by atoms with Gasteiger partial charge in [0.2, 0.25) is 5.91 Å². The second-order valence-corrected chi connectivity index (χ2v) is 3.52. The van der Waals surface area contributed by atoms with Crippen LogP contribution < -0.4 is 5.32 Å². The van der Waals surface area contributed by atoms with Crippen molar-refractivity contribution in [3.63, 3.8) is 0 Å². The van der Waals surface area contributed by atoms with Crippen LogP contribution in [0.3, 0.4) is 0 Å². The molecule has 1 rings (SSSR count). The molecule has 0 aromatic carbocycles. The van der Waals surface area contributed by atoms with E-state index in [4.69, 9.17) is 9.47 Å². The lowest BCUT2D eigenvalue weighted by atomic mass is 10.4. The Morgan fingerprint density at radius 2 is 2.27 bits per heavy atom. The van der Waals surface area contributed by atoms with Crippen LogP contribution in [0.4, 0.5) is 0 Å². The molecule has 5 nitrogen and oxygen atoms in total. The SMILES string of the molecule is COCCOCCN1CCCNCC1=O. The highest BCUT2D eigenvalue weighted by Crippen LogP contribution is 1.96. The third-order valence-corrected chi connectivity index (χ3v) is 2.35. The minimum Gasteiger partial charge on any atom is -0.382 e. The standard InChI is InChI=1S/C10H20N2O3/c1-14-7-8-15-6-5-12-4-2-3-11-9-10(12)13/h11H,2-9H2,1H3. The lowest BCUT2D eigenvalue weighted by Gasteiger charge is -2.19. The predicted octanol–water partition coefficient (Wildman–Crippen LogP) is -0.529. The van der Waals surface area contributed by atoms with Crippen molar-refractivity contribution in [2.45, 2.75) is 6.42 Å². The molecule has 1 aliphatic heterocycles. The van der Waals surface area contributed by atoms with E-state index in [1.54, 1.807) is 7.11 Å². The van der Waals surface area contributed by atoms with Crippen molar-refractivity contribution in [2.24, 2.45) is 0 Å². The summed E-state index contributed by atoms with van der Waals surface area (Å²) < 4.78 is 10.2. The van der Waals surface area contributed by atoms with E-state index in [9.17, 15) is 4.79 Å². The van der Waals surface area contributed by atoms with Crippen LogP contribution in [0.15, 0.2) is 0 Å². The zero-order valence-corrected chi connectivity index (χ0v) is 9.33. The van der Waals surface area contributed by atoms with Gasteiger partial charge in [-0.25, -0.2) is 0 Å². The number of nitrogens with one attached hydrogen (secondary N) is 1. The topological polar surface area (TPSA) is 50.8 Å². The van der Waals surface area contributed by atoms with Crippen LogP contribution in [0.1, 0.15) is 6.42 Å². The smallest absolute Gasteiger partial charge is 0.236 e. The summed E-state index contributed by atoms with van der Waals surface area (Å²) in [7, 11) is 1.65. The van der Waals surface area contributed by atoms with E-state index >= 15 is 0 Å². The molecule has 0 aromatic heterocycles. The van der Waals surface area contributed by atoms with E-state index in [1.165, 1.54) is 0 Å². The first kappa shape index (κ1) is 12.4. The van der Waals surface area contributed by atoms with Gasteiger partial charge in [0, 0.05) is 20.2 Å². The van der Waals surface area contributed by atoms with E-state index in [-0.39, 0.29) is 5.91 Å². The molecule has 0 saturated carbocycles. The van der Waals surface area contributed by atoms with Gasteiger partial charge in [0.25, 0.3) is 0 Å². The molecular formula is C10H20N2O3. The van der Waals surface area contributed by atoms with Gasteiger partial charge in [-0.2, -0.15) is 0 Å². The molecule has 1 saturated heterocycles. The summed E-state index contributed by atoms with van der Waals surface area (Å²) in [6.07, 6.45) is 1.02. The lowest BCUT2D eigenvalue weighted by molar-refractivity contribution is -0.130. The lowest BCUT2D eigenvalue weighted by Crippen LogP contribution is -2.37. The Kier molecular flexibility index (Phi) is 6.31. The maximum atomic E-state index is 11.5. The number of carbonyl (C=O) groups is 1. The van der Waals surface area contributed by atoms with Gasteiger partial charge in [0.1, 0.15) is 0 Å². The maximum Gasteiger partial charge on any atom is 0.236 e. The van der Waals surface area contributed by atoms with Gasteiger partial charge < -0.3 is 19.7 Å². The second kappa shape index (κ2) is 7.62. The van der Waals surface area contributed by atoms with E-state index in [0.717, 1.165) is 19.5 Å². The summed E-state index contributed by atoms with van der Waals surface area (Å²) in [4.78, 5) is 13.4. The monoisotopic (exact) mass is 216 g/mol. The highest BCUT2D eigenvalue weighted by atomic mass is 16.5. The molecule has 1 aliphatic rings. The molecule has 1 amide bonds. The molecule has 0 bridgehead atoms. The van der Waals surface area contributed by atoms with E-state index < -0.39 is 0 Å². The fourth-order valence-corrected chi connectivity index (χ4v) is 1.48. The summed E-state index contributed by atoms with van der Waals surface area (Å²) in [5.41, 5.74) is 0. The Hall–Kier alpha value is -0.650. The normalized spacial score (nSPS) is 17.9. The first-order valence-corrected chi connectivity index (χ1v) is 5.40. The minimum absolute atomic E-state index is 0.169. The third-order valence-electron chi connectivity index (χ3n) is 2.35. The Morgan fingerprint density at radius 1 is 1.40 bits per heavy atom. The number of rotatable bonds is 6. The van der Waals surface area contributed by atoms with Crippen LogP contribution in [0.2, 0.25) is 0 Å². The molecule has 0 aliphatic carbocycles. The fraction of sp³-hybridized carbons (Fsp3) is 0.900. The molecule has 1 N–H and O–H groups in total. The van der Waals surface area contributed by atoms with Crippen molar-refractivity contribution in [3.8, 4) is 0 Å². The zero-order chi connectivity index (χ0) is 10.9. The van der Waals surface area contributed by atoms with Crippen molar-refractivity contribution < 1.29 is 14.3 Å². The van der Waals surface area contributed by atoms with Crippen LogP contribution >= 0.6 is 0 Å². The van der Waals surface area contributed by atoms with E-state index in [1.807, 2.05) is 4.90 Å². The van der Waals surface area contributed by atoms with Crippen molar-refractivity contribution in [3.05, 3.63) is 0 Å². The summed E-state index contributed by atoms with van der Waals surface area (Å²) in [6, 6.07) is 0. The van der Waals surface area contributed by atoms with Crippen LogP contribution in [-0.4, -0.2) is 63.9 Å². The average molecular weight is 216 g/mol. The number of ether oxygens (including phenoxy) is 2. The number of methoxy groups -OCH3 is 1. The van der Waals surface area contributed by atoms with Crippen molar-refractivity contribution in [2.75, 3.05) is 53.1 Å². The van der Waals surface area contributed by atoms with Gasteiger partial charge in [0.05, 0.1) is 26.4 Å². The number of hydrogen-bond acceptors (Lipinski definition) is 4. The van der Waals surface area contributed by atoms with Crippen LogP contribution in [0, 0.1) is 0 Å². The molecule has 0 unspecified atom stereocenters. The Labute approximate surface area is 90.7 Å². The van der Waals surface area contributed by atoms with Crippen LogP contribution in [0.5, 0.6) is 0 Å². The third kappa shape index (κ3) is 5.11. The van der Waals surface area contributed by atoms with Crippen molar-refractivity contribution in [1.29, 1.82) is 0 Å². The maximum absolute atomic E-state index is 11.5. The summed E-state index contributed by atoms with van der Waals surface area (Å²) in [5, 5.41) is 3.09. The molecule has 5 heteroatoms. The van der Waals surface area contributed by atoms with Crippen LogP contribution in [-0.2, 0) is 14.3 Å². The van der Waals surface area contributed by atoms with Gasteiger partial charge in [-0.05, 0) is 13.0 Å². The van der Waals surface area contributed by atoms with Gasteiger partial charge >= 0.3 is 0 Å². The zero-order valence-electron chi connectivity index (χ0n) is 9.33. The molecule has 0 aromatic rings. The quantitative estimate of drug-likeness (QED) is 0.607. The number of nitrogens with zero attached hydrogens (tertiary/aromatic N) is 1. The van der Waals surface area contributed by atoms with Crippen molar-refractivity contribution >= 4 is 5.91 Å². The average Bonchev–Trinajstić information content (AvgIpc) is 2.44. The fourth-order valence-electron chi connectivity index (χ4n) is 1.48. The highest BCUT2D eigenvalue weighted by Gasteiger charge is 2.15. The predicted molar refractivity (Wildman–Crippen MR) is 56.8 cm³/mol. The van der Waals surface area contributed by atoms with Gasteiger partial charge in [0.15, 0.2) is 0 Å². The molecule has 0 atom stereocenters. The number of hydrogen-bond donors (Lipinski definition) is 1. The van der Waals surface area contributed by atoms with Gasteiger partial charge in [-0.1, -0.05) is 0 Å². The number of carbonyl (C=O) groups excluding carboxylic acids is 1. The molecule has 1 fully saturated rings. The number of amides is 1. The van der Waals surface area contributed by atoms with Gasteiger partial charge in [-0.15, -0.1) is 0 Å². The molecule has 88 valence electrons. The Morgan fingerprint density at radius 3 is 3.07 bits per heavy atom. The highest BCUT2D eigenvalue weighted by molar-refractivity contribution is 5.78. The molecular weight excluding hydrogens is 196 g/mol. The molecule has 0 radical (unpaired) electrons. The van der Waals surface area contributed by atoms with Crippen molar-refractivity contribution in [1.82, 2.24) is 10.2 Å². The van der Waals surface area contributed by atoms with E-state index in [0.29, 0.717) is 32.9 Å². The minimum atomic E-state index is 0.169. The second-order valence-electron chi connectivity index (χ2n) is 3.52. The van der Waals surface area contributed by atoms with Gasteiger partial charge in [-0.3, -0.25) is 4.79 Å². The first-order chi connectivity index (χ1) is 7.34. The first-order valence-electron chi connectivity index (χ1n) is 5.40. The molecule has 0 spiro atoms. The van der Waals surface area contributed by atoms with Crippen LogP contribution in [0.25, 0.3) is 0 Å².